The SMILES string of the molecule is CCNC(=NCc1ccnc(N2CCCC2)c1)N(C)Cc1ccccc1.I. The highest BCUT2D eigenvalue weighted by atomic mass is 127. The molecular weight excluding hydrogens is 449 g/mol. The minimum Gasteiger partial charge on any atom is -0.357 e. The van der Waals surface area contributed by atoms with Gasteiger partial charge in [-0.1, -0.05) is 30.3 Å². The van der Waals surface area contributed by atoms with Gasteiger partial charge in [0.05, 0.1) is 6.54 Å². The van der Waals surface area contributed by atoms with E-state index in [1.807, 2.05) is 12.3 Å². The van der Waals surface area contributed by atoms with Gasteiger partial charge in [-0.25, -0.2) is 9.98 Å². The number of pyridine rings is 1. The fourth-order valence-electron chi connectivity index (χ4n) is 3.25. The number of halogens is 1. The number of aliphatic imine (C=N–C) groups is 1. The van der Waals surface area contributed by atoms with Crippen molar-refractivity contribution >= 4 is 35.8 Å². The molecule has 1 aromatic carbocycles. The van der Waals surface area contributed by atoms with Crippen molar-refractivity contribution in [2.24, 2.45) is 4.99 Å². The largest absolute Gasteiger partial charge is 0.357 e. The molecular formula is C21H30IN5. The molecule has 0 unspecified atom stereocenters. The third-order valence-corrected chi connectivity index (χ3v) is 4.61. The van der Waals surface area contributed by atoms with Crippen LogP contribution in [0, 0.1) is 0 Å². The van der Waals surface area contributed by atoms with Gasteiger partial charge in [0.25, 0.3) is 0 Å². The summed E-state index contributed by atoms with van der Waals surface area (Å²) in [5, 5.41) is 3.39. The Morgan fingerprint density at radius 2 is 1.89 bits per heavy atom. The van der Waals surface area contributed by atoms with E-state index in [1.54, 1.807) is 0 Å². The number of benzene rings is 1. The van der Waals surface area contributed by atoms with Crippen LogP contribution in [0.1, 0.15) is 30.9 Å². The highest BCUT2D eigenvalue weighted by molar-refractivity contribution is 14.0. The molecule has 0 bridgehead atoms. The van der Waals surface area contributed by atoms with E-state index in [4.69, 9.17) is 4.99 Å². The third kappa shape index (κ3) is 6.37. The van der Waals surface area contributed by atoms with Crippen LogP contribution in [-0.2, 0) is 13.1 Å². The lowest BCUT2D eigenvalue weighted by molar-refractivity contribution is 0.477. The standard InChI is InChI=1S/C21H29N5.HI/c1-3-22-21(25(2)17-18-9-5-4-6-10-18)24-16-19-11-12-23-20(15-19)26-13-7-8-14-26;/h4-6,9-12,15H,3,7-8,13-14,16-17H2,1-2H3,(H,22,24);1H. The minimum absolute atomic E-state index is 0. The molecule has 146 valence electrons. The van der Waals surface area contributed by atoms with E-state index in [1.165, 1.54) is 24.0 Å². The molecule has 0 atom stereocenters. The van der Waals surface area contributed by atoms with Crippen molar-refractivity contribution in [1.29, 1.82) is 0 Å². The monoisotopic (exact) mass is 479 g/mol. The van der Waals surface area contributed by atoms with Crippen LogP contribution in [0.15, 0.2) is 53.7 Å². The van der Waals surface area contributed by atoms with Crippen LogP contribution < -0.4 is 10.2 Å². The zero-order valence-corrected chi connectivity index (χ0v) is 18.6. The van der Waals surface area contributed by atoms with Gasteiger partial charge in [-0.15, -0.1) is 24.0 Å². The molecule has 1 aromatic heterocycles. The Morgan fingerprint density at radius 1 is 1.15 bits per heavy atom. The molecule has 0 aliphatic carbocycles. The van der Waals surface area contributed by atoms with Gasteiger partial charge >= 0.3 is 0 Å². The molecule has 1 aliphatic heterocycles. The molecule has 1 saturated heterocycles. The zero-order valence-electron chi connectivity index (χ0n) is 16.3. The van der Waals surface area contributed by atoms with E-state index >= 15 is 0 Å². The highest BCUT2D eigenvalue weighted by Crippen LogP contribution is 2.18. The molecule has 0 radical (unpaired) electrons. The number of anilines is 1. The van der Waals surface area contributed by atoms with Gasteiger partial charge < -0.3 is 15.1 Å². The number of nitrogens with zero attached hydrogens (tertiary/aromatic N) is 4. The molecule has 0 saturated carbocycles. The van der Waals surface area contributed by atoms with E-state index in [-0.39, 0.29) is 24.0 Å². The summed E-state index contributed by atoms with van der Waals surface area (Å²) < 4.78 is 0. The smallest absolute Gasteiger partial charge is 0.194 e. The summed E-state index contributed by atoms with van der Waals surface area (Å²) in [6.07, 6.45) is 4.43. The van der Waals surface area contributed by atoms with Gasteiger partial charge in [-0.2, -0.15) is 0 Å². The first-order valence-corrected chi connectivity index (χ1v) is 9.49. The van der Waals surface area contributed by atoms with Gasteiger partial charge in [0.15, 0.2) is 5.96 Å². The lowest BCUT2D eigenvalue weighted by Gasteiger charge is -2.22. The van der Waals surface area contributed by atoms with Gasteiger partial charge in [0.2, 0.25) is 0 Å². The van der Waals surface area contributed by atoms with Crippen molar-refractivity contribution in [1.82, 2.24) is 15.2 Å². The Hall–Kier alpha value is -1.83. The van der Waals surface area contributed by atoms with Gasteiger partial charge in [-0.05, 0) is 43.0 Å². The quantitative estimate of drug-likeness (QED) is 0.388. The van der Waals surface area contributed by atoms with Crippen LogP contribution >= 0.6 is 24.0 Å². The minimum atomic E-state index is 0. The predicted octanol–water partition coefficient (Wildman–Crippen LogP) is 3.90. The maximum absolute atomic E-state index is 4.83. The number of rotatable bonds is 6. The molecule has 1 fully saturated rings. The Balaban J connectivity index is 0.00000261. The summed E-state index contributed by atoms with van der Waals surface area (Å²) >= 11 is 0. The number of guanidine groups is 1. The zero-order chi connectivity index (χ0) is 18.2. The lowest BCUT2D eigenvalue weighted by Crippen LogP contribution is -2.38. The summed E-state index contributed by atoms with van der Waals surface area (Å²) in [7, 11) is 2.08. The molecule has 2 heterocycles. The average molecular weight is 479 g/mol. The van der Waals surface area contributed by atoms with E-state index in [0.717, 1.165) is 38.0 Å². The van der Waals surface area contributed by atoms with Crippen LogP contribution in [0.4, 0.5) is 5.82 Å². The molecule has 2 aromatic rings. The van der Waals surface area contributed by atoms with E-state index in [2.05, 4.69) is 70.5 Å². The van der Waals surface area contributed by atoms with Crippen LogP contribution in [0.3, 0.4) is 0 Å². The van der Waals surface area contributed by atoms with Crippen LogP contribution in [0.25, 0.3) is 0 Å². The first-order chi connectivity index (χ1) is 12.8. The van der Waals surface area contributed by atoms with Gasteiger partial charge in [-0.3, -0.25) is 0 Å². The van der Waals surface area contributed by atoms with Crippen molar-refractivity contribution in [3.8, 4) is 0 Å². The highest BCUT2D eigenvalue weighted by Gasteiger charge is 2.13. The maximum atomic E-state index is 4.83. The lowest BCUT2D eigenvalue weighted by atomic mass is 10.2. The van der Waals surface area contributed by atoms with Crippen LogP contribution in [0.2, 0.25) is 0 Å². The molecule has 1 aliphatic rings. The van der Waals surface area contributed by atoms with Gasteiger partial charge in [0.1, 0.15) is 5.82 Å². The Bertz CT molecular complexity index is 714. The van der Waals surface area contributed by atoms with E-state index < -0.39 is 0 Å². The molecule has 1 N–H and O–H groups in total. The van der Waals surface area contributed by atoms with Crippen molar-refractivity contribution in [3.05, 3.63) is 59.8 Å². The summed E-state index contributed by atoms with van der Waals surface area (Å²) in [4.78, 5) is 13.9. The number of hydrogen-bond donors (Lipinski definition) is 1. The van der Waals surface area contributed by atoms with E-state index in [0.29, 0.717) is 6.54 Å². The van der Waals surface area contributed by atoms with Crippen molar-refractivity contribution in [2.75, 3.05) is 31.6 Å². The molecule has 3 rings (SSSR count). The number of nitrogens with one attached hydrogen (secondary N) is 1. The Morgan fingerprint density at radius 3 is 2.59 bits per heavy atom. The second-order valence-corrected chi connectivity index (χ2v) is 6.73. The average Bonchev–Trinajstić information content (AvgIpc) is 3.21. The fraction of sp³-hybridized carbons (Fsp3) is 0.429. The van der Waals surface area contributed by atoms with E-state index in [9.17, 15) is 0 Å². The van der Waals surface area contributed by atoms with Gasteiger partial charge in [0, 0.05) is 39.4 Å². The van der Waals surface area contributed by atoms with Crippen molar-refractivity contribution in [2.45, 2.75) is 32.9 Å². The van der Waals surface area contributed by atoms with Crippen LogP contribution in [-0.4, -0.2) is 42.5 Å². The molecule has 0 amide bonds. The first-order valence-electron chi connectivity index (χ1n) is 9.49. The predicted molar refractivity (Wildman–Crippen MR) is 124 cm³/mol. The maximum Gasteiger partial charge on any atom is 0.194 e. The Labute approximate surface area is 179 Å². The first kappa shape index (κ1) is 21.5. The van der Waals surface area contributed by atoms with Crippen molar-refractivity contribution < 1.29 is 0 Å². The second kappa shape index (κ2) is 11.1. The fourth-order valence-corrected chi connectivity index (χ4v) is 3.25. The summed E-state index contributed by atoms with van der Waals surface area (Å²) in [6, 6.07) is 14.7. The molecule has 27 heavy (non-hydrogen) atoms. The number of hydrogen-bond acceptors (Lipinski definition) is 3. The van der Waals surface area contributed by atoms with Crippen LogP contribution in [0.5, 0.6) is 0 Å². The summed E-state index contributed by atoms with van der Waals surface area (Å²) in [6.45, 7) is 6.67. The summed E-state index contributed by atoms with van der Waals surface area (Å²) in [5.74, 6) is 2.01. The molecule has 6 heteroatoms. The topological polar surface area (TPSA) is 43.8 Å². The number of aromatic nitrogens is 1. The normalized spacial score (nSPS) is 14.0. The molecule has 5 nitrogen and oxygen atoms in total. The third-order valence-electron chi connectivity index (χ3n) is 4.61. The Kier molecular flexibility index (Phi) is 8.84. The summed E-state index contributed by atoms with van der Waals surface area (Å²) in [5.41, 5.74) is 2.48. The second-order valence-electron chi connectivity index (χ2n) is 6.73. The molecule has 0 spiro atoms. The van der Waals surface area contributed by atoms with Crippen molar-refractivity contribution in [3.63, 3.8) is 0 Å².